The maximum atomic E-state index is 5.70. The van der Waals surface area contributed by atoms with Crippen LogP contribution in [0, 0.1) is 0 Å². The number of rotatable bonds is 11. The Morgan fingerprint density at radius 1 is 0.824 bits per heavy atom. The molecule has 0 spiro atoms. The van der Waals surface area contributed by atoms with E-state index in [1.165, 1.54) is 0 Å². The number of hydrogen-bond donors (Lipinski definition) is 0. The lowest BCUT2D eigenvalue weighted by Crippen LogP contribution is -2.28. The first-order valence-electron chi connectivity index (χ1n) is 6.55. The van der Waals surface area contributed by atoms with Crippen LogP contribution >= 0.6 is 0 Å². The monoisotopic (exact) mass is 248 g/mol. The Hall–Kier alpha value is -0.160. The Morgan fingerprint density at radius 3 is 1.88 bits per heavy atom. The van der Waals surface area contributed by atoms with Crippen molar-refractivity contribution in [3.63, 3.8) is 0 Å². The molecule has 17 heavy (non-hydrogen) atoms. The summed E-state index contributed by atoms with van der Waals surface area (Å²) in [6.45, 7) is 10.1. The van der Waals surface area contributed by atoms with Gasteiger partial charge in [-0.3, -0.25) is 0 Å². The van der Waals surface area contributed by atoms with Crippen LogP contribution in [0.1, 0.15) is 40.5 Å². The summed E-state index contributed by atoms with van der Waals surface area (Å²) in [7, 11) is 1.66. The summed E-state index contributed by atoms with van der Waals surface area (Å²) in [5.41, 5.74) is 0. The summed E-state index contributed by atoms with van der Waals surface area (Å²) in [6.07, 6.45) is 1.75. The van der Waals surface area contributed by atoms with Gasteiger partial charge in [-0.1, -0.05) is 0 Å². The number of hydrogen-bond acceptors (Lipinski definition) is 4. The molecule has 3 unspecified atom stereocenters. The van der Waals surface area contributed by atoms with Gasteiger partial charge in [0.15, 0.2) is 6.29 Å². The van der Waals surface area contributed by atoms with Gasteiger partial charge in [-0.15, -0.1) is 0 Å². The van der Waals surface area contributed by atoms with E-state index in [9.17, 15) is 0 Å². The van der Waals surface area contributed by atoms with Crippen LogP contribution in [-0.2, 0) is 18.9 Å². The maximum absolute atomic E-state index is 5.70. The van der Waals surface area contributed by atoms with Crippen molar-refractivity contribution < 1.29 is 18.9 Å². The first kappa shape index (κ1) is 16.8. The number of methoxy groups -OCH3 is 1. The van der Waals surface area contributed by atoms with E-state index in [4.69, 9.17) is 18.9 Å². The Balaban J connectivity index is 4.10. The molecule has 0 saturated heterocycles. The average molecular weight is 248 g/mol. The summed E-state index contributed by atoms with van der Waals surface area (Å²) in [6, 6.07) is 0. The fraction of sp³-hybridized carbons (Fsp3) is 1.00. The highest BCUT2D eigenvalue weighted by Crippen LogP contribution is 2.14. The SMILES string of the molecule is CCOC(C)CC(CC(OC)OCC)OCC. The third kappa shape index (κ3) is 8.55. The van der Waals surface area contributed by atoms with E-state index in [2.05, 4.69) is 6.92 Å². The van der Waals surface area contributed by atoms with Gasteiger partial charge < -0.3 is 18.9 Å². The van der Waals surface area contributed by atoms with E-state index in [1.54, 1.807) is 7.11 Å². The van der Waals surface area contributed by atoms with Crippen molar-refractivity contribution in [1.29, 1.82) is 0 Å². The van der Waals surface area contributed by atoms with Crippen LogP contribution in [0.25, 0.3) is 0 Å². The average Bonchev–Trinajstić information content (AvgIpc) is 2.29. The maximum Gasteiger partial charge on any atom is 0.159 e. The van der Waals surface area contributed by atoms with Crippen LogP contribution in [0.4, 0.5) is 0 Å². The molecule has 0 amide bonds. The molecule has 0 N–H and O–H groups in total. The molecule has 0 aliphatic carbocycles. The van der Waals surface area contributed by atoms with E-state index in [1.807, 2.05) is 20.8 Å². The van der Waals surface area contributed by atoms with Crippen molar-refractivity contribution in [1.82, 2.24) is 0 Å². The molecule has 0 bridgehead atoms. The van der Waals surface area contributed by atoms with E-state index in [-0.39, 0.29) is 18.5 Å². The molecule has 0 fully saturated rings. The highest BCUT2D eigenvalue weighted by atomic mass is 16.7. The second-order valence-corrected chi connectivity index (χ2v) is 3.94. The van der Waals surface area contributed by atoms with Crippen molar-refractivity contribution >= 4 is 0 Å². The van der Waals surface area contributed by atoms with Gasteiger partial charge in [-0.2, -0.15) is 0 Å². The van der Waals surface area contributed by atoms with Crippen molar-refractivity contribution in [3.05, 3.63) is 0 Å². The second-order valence-electron chi connectivity index (χ2n) is 3.94. The zero-order valence-electron chi connectivity index (χ0n) is 11.9. The zero-order valence-corrected chi connectivity index (χ0v) is 11.9. The Morgan fingerprint density at radius 2 is 1.41 bits per heavy atom. The minimum Gasteiger partial charge on any atom is -0.379 e. The van der Waals surface area contributed by atoms with Gasteiger partial charge in [0, 0.05) is 33.4 Å². The van der Waals surface area contributed by atoms with Crippen LogP contribution in [0.3, 0.4) is 0 Å². The summed E-state index contributed by atoms with van der Waals surface area (Å²) in [5.74, 6) is 0. The Kier molecular flexibility index (Phi) is 10.9. The molecule has 104 valence electrons. The van der Waals surface area contributed by atoms with Gasteiger partial charge in [-0.05, 0) is 34.1 Å². The Bertz CT molecular complexity index is 163. The van der Waals surface area contributed by atoms with Crippen molar-refractivity contribution in [2.75, 3.05) is 26.9 Å². The first-order chi connectivity index (χ1) is 8.17. The predicted molar refractivity (Wildman–Crippen MR) is 68.2 cm³/mol. The van der Waals surface area contributed by atoms with E-state index >= 15 is 0 Å². The van der Waals surface area contributed by atoms with Gasteiger partial charge in [0.05, 0.1) is 12.2 Å². The highest BCUT2D eigenvalue weighted by Gasteiger charge is 2.19. The normalized spacial score (nSPS) is 16.8. The fourth-order valence-electron chi connectivity index (χ4n) is 1.82. The van der Waals surface area contributed by atoms with Crippen molar-refractivity contribution in [3.8, 4) is 0 Å². The molecule has 0 rings (SSSR count). The molecule has 3 atom stereocenters. The van der Waals surface area contributed by atoms with Gasteiger partial charge >= 0.3 is 0 Å². The van der Waals surface area contributed by atoms with Crippen LogP contribution in [0.2, 0.25) is 0 Å². The van der Waals surface area contributed by atoms with Crippen molar-refractivity contribution in [2.24, 2.45) is 0 Å². The molecule has 0 saturated carbocycles. The van der Waals surface area contributed by atoms with Gasteiger partial charge in [0.2, 0.25) is 0 Å². The van der Waals surface area contributed by atoms with E-state index in [0.717, 1.165) is 19.4 Å². The van der Waals surface area contributed by atoms with E-state index in [0.29, 0.717) is 13.2 Å². The molecule has 0 aliphatic heterocycles. The third-order valence-electron chi connectivity index (χ3n) is 2.52. The molecule has 4 heteroatoms. The lowest BCUT2D eigenvalue weighted by molar-refractivity contribution is -0.147. The zero-order chi connectivity index (χ0) is 13.1. The molecule has 0 aromatic carbocycles. The molecule has 4 nitrogen and oxygen atoms in total. The summed E-state index contributed by atoms with van der Waals surface area (Å²) in [5, 5.41) is 0. The standard InChI is InChI=1S/C13H28O4/c1-6-15-11(4)9-12(16-7-2)10-13(14-5)17-8-3/h11-13H,6-10H2,1-5H3. The minimum absolute atomic E-state index is 0.123. The molecule has 0 aromatic rings. The molecule has 0 aliphatic rings. The first-order valence-corrected chi connectivity index (χ1v) is 6.55. The highest BCUT2D eigenvalue weighted by molar-refractivity contribution is 4.65. The van der Waals surface area contributed by atoms with Gasteiger partial charge in [-0.25, -0.2) is 0 Å². The molecule has 0 aromatic heterocycles. The van der Waals surface area contributed by atoms with Gasteiger partial charge in [0.1, 0.15) is 0 Å². The summed E-state index contributed by atoms with van der Waals surface area (Å²) in [4.78, 5) is 0. The Labute approximate surface area is 106 Å². The molecular weight excluding hydrogens is 220 g/mol. The second kappa shape index (κ2) is 11.0. The largest absolute Gasteiger partial charge is 0.379 e. The fourth-order valence-corrected chi connectivity index (χ4v) is 1.82. The third-order valence-corrected chi connectivity index (χ3v) is 2.52. The predicted octanol–water partition coefficient (Wildman–Crippen LogP) is 2.61. The smallest absolute Gasteiger partial charge is 0.159 e. The van der Waals surface area contributed by atoms with Crippen LogP contribution < -0.4 is 0 Å². The van der Waals surface area contributed by atoms with Crippen LogP contribution in [0.15, 0.2) is 0 Å². The summed E-state index contributed by atoms with van der Waals surface area (Å²) >= 11 is 0. The van der Waals surface area contributed by atoms with Gasteiger partial charge in [0.25, 0.3) is 0 Å². The van der Waals surface area contributed by atoms with Crippen LogP contribution in [-0.4, -0.2) is 45.4 Å². The topological polar surface area (TPSA) is 36.9 Å². The van der Waals surface area contributed by atoms with Crippen LogP contribution in [0.5, 0.6) is 0 Å². The van der Waals surface area contributed by atoms with Crippen molar-refractivity contribution in [2.45, 2.75) is 59.0 Å². The summed E-state index contributed by atoms with van der Waals surface area (Å²) < 4.78 is 22.0. The molecule has 0 radical (unpaired) electrons. The lowest BCUT2D eigenvalue weighted by atomic mass is 10.1. The quantitative estimate of drug-likeness (QED) is 0.527. The molecular formula is C13H28O4. The van der Waals surface area contributed by atoms with E-state index < -0.39 is 0 Å². The lowest BCUT2D eigenvalue weighted by Gasteiger charge is -2.24. The minimum atomic E-state index is -0.189. The number of ether oxygens (including phenoxy) is 4. The molecule has 0 heterocycles.